The number of carbonyl (C=O) groups is 1. The highest BCUT2D eigenvalue weighted by Crippen LogP contribution is 2.14. The van der Waals surface area contributed by atoms with Crippen LogP contribution in [0.2, 0.25) is 19.6 Å². The fourth-order valence-electron chi connectivity index (χ4n) is 4.76. The van der Waals surface area contributed by atoms with Gasteiger partial charge in [-0.3, -0.25) is 4.79 Å². The van der Waals surface area contributed by atoms with Crippen LogP contribution in [0.3, 0.4) is 0 Å². The Morgan fingerprint density at radius 1 is 0.375 bits per heavy atom. The first-order chi connectivity index (χ1) is 23.5. The molecule has 0 heterocycles. The summed E-state index contributed by atoms with van der Waals surface area (Å²) >= 11 is 0. The Labute approximate surface area is 296 Å². The first-order valence-corrected chi connectivity index (χ1v) is 22.7. The third-order valence-electron chi connectivity index (χ3n) is 7.47. The van der Waals surface area contributed by atoms with Gasteiger partial charge in [-0.05, 0) is 26.1 Å². The molecular formula is C37H76O10Si. The Kier molecular flexibility index (Phi) is 38.6. The number of hydrogen-bond acceptors (Lipinski definition) is 10. The van der Waals surface area contributed by atoms with Gasteiger partial charge in [-0.2, -0.15) is 0 Å². The van der Waals surface area contributed by atoms with Crippen molar-refractivity contribution in [2.45, 2.75) is 129 Å². The van der Waals surface area contributed by atoms with Crippen LogP contribution < -0.4 is 0 Å². The molecule has 0 N–H and O–H groups in total. The molecule has 0 fully saturated rings. The number of hydrogen-bond donors (Lipinski definition) is 0. The molecule has 0 saturated carbocycles. The van der Waals surface area contributed by atoms with E-state index in [0.29, 0.717) is 112 Å². The minimum Gasteiger partial charge on any atom is -0.463 e. The molecule has 10 nitrogen and oxygen atoms in total. The maximum atomic E-state index is 11.9. The van der Waals surface area contributed by atoms with E-state index in [0.717, 1.165) is 12.8 Å². The molecule has 0 bridgehead atoms. The van der Waals surface area contributed by atoms with Crippen molar-refractivity contribution in [3.63, 3.8) is 0 Å². The summed E-state index contributed by atoms with van der Waals surface area (Å²) in [6.07, 6.45) is 20.3. The third-order valence-corrected chi connectivity index (χ3v) is 8.54. The van der Waals surface area contributed by atoms with E-state index in [1.54, 1.807) is 0 Å². The van der Waals surface area contributed by atoms with E-state index >= 15 is 0 Å². The van der Waals surface area contributed by atoms with Crippen molar-refractivity contribution in [3.05, 3.63) is 0 Å². The molecule has 0 atom stereocenters. The molecule has 0 aliphatic carbocycles. The van der Waals surface area contributed by atoms with Crippen LogP contribution in [-0.4, -0.2) is 120 Å². The molecule has 0 amide bonds. The molecule has 0 saturated heterocycles. The summed E-state index contributed by atoms with van der Waals surface area (Å²) in [5.41, 5.74) is 0. The quantitative estimate of drug-likeness (QED) is 0.0356. The minimum atomic E-state index is -1.45. The van der Waals surface area contributed by atoms with E-state index in [2.05, 4.69) is 26.6 Å². The van der Waals surface area contributed by atoms with E-state index in [9.17, 15) is 4.79 Å². The van der Waals surface area contributed by atoms with Crippen molar-refractivity contribution in [2.24, 2.45) is 0 Å². The predicted molar refractivity (Wildman–Crippen MR) is 196 cm³/mol. The van der Waals surface area contributed by atoms with Crippen LogP contribution in [0, 0.1) is 0 Å². The maximum absolute atomic E-state index is 11.9. The van der Waals surface area contributed by atoms with Gasteiger partial charge in [-0.1, -0.05) is 96.8 Å². The first kappa shape index (κ1) is 47.4. The SMILES string of the molecule is CCCCCCCCCCCCCCCCCC(=O)OCCOCCOCCOCCOCCOCCOCCOCCO[Si](C)(C)C. The lowest BCUT2D eigenvalue weighted by atomic mass is 10.0. The molecule has 0 radical (unpaired) electrons. The zero-order valence-corrected chi connectivity index (χ0v) is 32.7. The van der Waals surface area contributed by atoms with E-state index in [4.69, 9.17) is 42.3 Å². The Bertz CT molecular complexity index is 636. The van der Waals surface area contributed by atoms with Gasteiger partial charge in [0.25, 0.3) is 0 Å². The van der Waals surface area contributed by atoms with E-state index < -0.39 is 8.32 Å². The number of rotatable bonds is 41. The van der Waals surface area contributed by atoms with Gasteiger partial charge in [0.1, 0.15) is 6.61 Å². The second kappa shape index (κ2) is 39.2. The van der Waals surface area contributed by atoms with Gasteiger partial charge in [-0.25, -0.2) is 0 Å². The lowest BCUT2D eigenvalue weighted by Gasteiger charge is -2.16. The Hall–Kier alpha value is -0.633. The molecule has 0 unspecified atom stereocenters. The molecule has 0 aromatic heterocycles. The summed E-state index contributed by atoms with van der Waals surface area (Å²) in [7, 11) is -1.45. The van der Waals surface area contributed by atoms with Gasteiger partial charge in [0, 0.05) is 6.42 Å². The molecular weight excluding hydrogens is 632 g/mol. The lowest BCUT2D eigenvalue weighted by molar-refractivity contribution is -0.145. The fraction of sp³-hybridized carbons (Fsp3) is 0.973. The predicted octanol–water partition coefficient (Wildman–Crippen LogP) is 7.76. The molecule has 11 heteroatoms. The van der Waals surface area contributed by atoms with Gasteiger partial charge < -0.3 is 42.3 Å². The average molecular weight is 709 g/mol. The van der Waals surface area contributed by atoms with Crippen LogP contribution in [-0.2, 0) is 47.1 Å². The van der Waals surface area contributed by atoms with Crippen molar-refractivity contribution in [1.82, 2.24) is 0 Å². The summed E-state index contributed by atoms with van der Waals surface area (Å²) in [5, 5.41) is 0. The van der Waals surface area contributed by atoms with Crippen molar-refractivity contribution >= 4 is 14.3 Å². The van der Waals surface area contributed by atoms with Crippen molar-refractivity contribution in [3.8, 4) is 0 Å². The molecule has 0 spiro atoms. The van der Waals surface area contributed by atoms with E-state index in [1.807, 2.05) is 0 Å². The number of ether oxygens (including phenoxy) is 8. The Balaban J connectivity index is 3.15. The van der Waals surface area contributed by atoms with E-state index in [1.165, 1.54) is 83.5 Å². The lowest BCUT2D eigenvalue weighted by Crippen LogP contribution is -2.27. The summed E-state index contributed by atoms with van der Waals surface area (Å²) < 4.78 is 49.4. The molecule has 0 rings (SSSR count). The van der Waals surface area contributed by atoms with Crippen LogP contribution >= 0.6 is 0 Å². The second-order valence-electron chi connectivity index (χ2n) is 13.2. The highest BCUT2D eigenvalue weighted by molar-refractivity contribution is 6.69. The smallest absolute Gasteiger partial charge is 0.305 e. The van der Waals surface area contributed by atoms with Gasteiger partial charge in [0.2, 0.25) is 0 Å². The van der Waals surface area contributed by atoms with Crippen LogP contribution in [0.25, 0.3) is 0 Å². The van der Waals surface area contributed by atoms with Crippen molar-refractivity contribution in [2.75, 3.05) is 106 Å². The van der Waals surface area contributed by atoms with Gasteiger partial charge in [-0.15, -0.1) is 0 Å². The van der Waals surface area contributed by atoms with Gasteiger partial charge >= 0.3 is 5.97 Å². The zero-order chi connectivity index (χ0) is 35.1. The standard InChI is InChI=1S/C37H76O10Si/c1-5-6-7-8-9-10-11-12-13-14-15-16-17-18-19-20-37(38)46-35-33-44-31-29-42-27-25-40-23-21-39-22-24-41-26-28-43-30-32-45-34-36-47-48(2,3)4/h5-36H2,1-4H3. The maximum Gasteiger partial charge on any atom is 0.305 e. The molecule has 48 heavy (non-hydrogen) atoms. The number of carbonyl (C=O) groups excluding carboxylic acids is 1. The van der Waals surface area contributed by atoms with Gasteiger partial charge in [0.15, 0.2) is 8.32 Å². The highest BCUT2D eigenvalue weighted by atomic mass is 28.4. The minimum absolute atomic E-state index is 0.125. The van der Waals surface area contributed by atoms with E-state index in [-0.39, 0.29) is 5.97 Å². The number of unbranched alkanes of at least 4 members (excludes halogenated alkanes) is 14. The molecule has 0 aliphatic heterocycles. The largest absolute Gasteiger partial charge is 0.463 e. The molecule has 0 aromatic carbocycles. The second-order valence-corrected chi connectivity index (χ2v) is 17.7. The first-order valence-electron chi connectivity index (χ1n) is 19.3. The van der Waals surface area contributed by atoms with Crippen molar-refractivity contribution < 1.29 is 47.1 Å². The summed E-state index contributed by atoms with van der Waals surface area (Å²) in [6, 6.07) is 0. The summed E-state index contributed by atoms with van der Waals surface area (Å²) in [4.78, 5) is 11.9. The molecule has 0 aromatic rings. The summed E-state index contributed by atoms with van der Waals surface area (Å²) in [5.74, 6) is -0.125. The molecule has 288 valence electrons. The van der Waals surface area contributed by atoms with Crippen LogP contribution in [0.15, 0.2) is 0 Å². The molecule has 0 aliphatic rings. The van der Waals surface area contributed by atoms with Crippen LogP contribution in [0.1, 0.15) is 110 Å². The van der Waals surface area contributed by atoms with Crippen LogP contribution in [0.4, 0.5) is 0 Å². The monoisotopic (exact) mass is 709 g/mol. The topological polar surface area (TPSA) is 100 Å². The Morgan fingerprint density at radius 2 is 0.646 bits per heavy atom. The Morgan fingerprint density at radius 3 is 0.958 bits per heavy atom. The third kappa shape index (κ3) is 43.4. The fourth-order valence-corrected chi connectivity index (χ4v) is 5.45. The zero-order valence-electron chi connectivity index (χ0n) is 31.7. The van der Waals surface area contributed by atoms with Crippen molar-refractivity contribution in [1.29, 1.82) is 0 Å². The average Bonchev–Trinajstić information content (AvgIpc) is 3.06. The van der Waals surface area contributed by atoms with Gasteiger partial charge in [0.05, 0.1) is 99.1 Å². The highest BCUT2D eigenvalue weighted by Gasteiger charge is 2.13. The van der Waals surface area contributed by atoms with Crippen LogP contribution in [0.5, 0.6) is 0 Å². The number of esters is 1. The summed E-state index contributed by atoms with van der Waals surface area (Å²) in [6.45, 7) is 16.9. The normalized spacial score (nSPS) is 11.8.